The van der Waals surface area contributed by atoms with Crippen LogP contribution in [0.2, 0.25) is 6.04 Å². The summed E-state index contributed by atoms with van der Waals surface area (Å²) >= 11 is 0. The van der Waals surface area contributed by atoms with Crippen LogP contribution >= 0.6 is 0 Å². The molecule has 0 N–H and O–H groups in total. The van der Waals surface area contributed by atoms with Crippen LogP contribution in [-0.4, -0.2) is 27.1 Å². The molecular formula is C18H29F3O3Si. The van der Waals surface area contributed by atoms with E-state index in [-0.39, 0.29) is 18.3 Å². The normalized spacial score (nSPS) is 13.3. The first-order valence-corrected chi connectivity index (χ1v) is 10.6. The van der Waals surface area contributed by atoms with Crippen molar-refractivity contribution in [3.8, 4) is 0 Å². The van der Waals surface area contributed by atoms with Crippen molar-refractivity contribution in [3.05, 3.63) is 35.4 Å². The lowest BCUT2D eigenvalue weighted by atomic mass is 10.1. The molecule has 0 saturated heterocycles. The molecule has 25 heavy (non-hydrogen) atoms. The van der Waals surface area contributed by atoms with Gasteiger partial charge in [0.05, 0.1) is 5.56 Å². The maximum Gasteiger partial charge on any atom is 0.501 e. The first-order valence-electron chi connectivity index (χ1n) is 8.63. The zero-order chi connectivity index (χ0) is 19.3. The van der Waals surface area contributed by atoms with Gasteiger partial charge in [0.25, 0.3) is 0 Å². The fraction of sp³-hybridized carbons (Fsp3) is 0.667. The molecule has 3 nitrogen and oxygen atoms in total. The Kier molecular flexibility index (Phi) is 8.12. The third-order valence-corrected chi connectivity index (χ3v) is 6.57. The molecule has 0 radical (unpaired) electrons. The predicted octanol–water partition coefficient (Wildman–Crippen LogP) is 5.46. The zero-order valence-corrected chi connectivity index (χ0v) is 16.8. The Morgan fingerprint density at radius 3 is 1.76 bits per heavy atom. The smallest absolute Gasteiger partial charge is 0.371 e. The Morgan fingerprint density at radius 1 is 0.880 bits per heavy atom. The molecule has 0 spiro atoms. The second-order valence-corrected chi connectivity index (χ2v) is 9.45. The van der Waals surface area contributed by atoms with Gasteiger partial charge in [0.2, 0.25) is 0 Å². The molecule has 0 aromatic heterocycles. The van der Waals surface area contributed by atoms with E-state index in [0.29, 0.717) is 18.0 Å². The number of rotatable bonds is 9. The minimum absolute atomic E-state index is 0.0920. The molecule has 0 aliphatic heterocycles. The molecule has 1 rings (SSSR count). The van der Waals surface area contributed by atoms with Crippen LogP contribution in [0, 0.1) is 0 Å². The highest BCUT2D eigenvalue weighted by atomic mass is 28.4. The third-order valence-electron chi connectivity index (χ3n) is 3.22. The Balaban J connectivity index is 3.00. The summed E-state index contributed by atoms with van der Waals surface area (Å²) < 4.78 is 56.8. The van der Waals surface area contributed by atoms with Gasteiger partial charge in [0.1, 0.15) is 0 Å². The molecule has 0 amide bonds. The summed E-state index contributed by atoms with van der Waals surface area (Å²) in [5.74, 6) is 0. The van der Waals surface area contributed by atoms with Crippen molar-refractivity contribution in [2.24, 2.45) is 0 Å². The molecule has 0 fully saturated rings. The van der Waals surface area contributed by atoms with Crippen LogP contribution in [0.1, 0.15) is 52.7 Å². The quantitative estimate of drug-likeness (QED) is 0.534. The topological polar surface area (TPSA) is 27.7 Å². The molecule has 144 valence electrons. The van der Waals surface area contributed by atoms with Gasteiger partial charge in [-0.05, 0) is 59.6 Å². The second kappa shape index (κ2) is 9.16. The van der Waals surface area contributed by atoms with Crippen LogP contribution in [0.5, 0.6) is 0 Å². The molecule has 1 aromatic rings. The maximum atomic E-state index is 12.9. The largest absolute Gasteiger partial charge is 0.501 e. The lowest BCUT2D eigenvalue weighted by Crippen LogP contribution is -2.51. The fourth-order valence-corrected chi connectivity index (χ4v) is 5.81. The maximum absolute atomic E-state index is 12.9. The van der Waals surface area contributed by atoms with Crippen LogP contribution in [0.3, 0.4) is 0 Å². The number of hydrogen-bond donors (Lipinski definition) is 0. The highest BCUT2D eigenvalue weighted by molar-refractivity contribution is 6.60. The highest BCUT2D eigenvalue weighted by Crippen LogP contribution is 2.31. The molecule has 0 atom stereocenters. The average molecular weight is 379 g/mol. The summed E-state index contributed by atoms with van der Waals surface area (Å²) in [5.41, 5.74) is -0.0460. The van der Waals surface area contributed by atoms with E-state index < -0.39 is 20.5 Å². The molecule has 0 unspecified atom stereocenters. The Morgan fingerprint density at radius 2 is 1.36 bits per heavy atom. The molecule has 1 aromatic carbocycles. The molecule has 0 heterocycles. The van der Waals surface area contributed by atoms with Gasteiger partial charge in [-0.15, -0.1) is 0 Å². The summed E-state index contributed by atoms with van der Waals surface area (Å²) in [7, 11) is -3.01. The SMILES string of the molecule is CC(C)O[Si](CCc1cccc(C(F)(F)F)c1)(OC(C)C)OC(C)C. The van der Waals surface area contributed by atoms with E-state index in [1.165, 1.54) is 12.1 Å². The van der Waals surface area contributed by atoms with Crippen molar-refractivity contribution in [1.82, 2.24) is 0 Å². The number of hydrogen-bond acceptors (Lipinski definition) is 3. The van der Waals surface area contributed by atoms with Crippen LogP contribution in [0.4, 0.5) is 13.2 Å². The first-order chi connectivity index (χ1) is 11.4. The molecular weight excluding hydrogens is 349 g/mol. The van der Waals surface area contributed by atoms with Gasteiger partial charge in [0, 0.05) is 24.4 Å². The summed E-state index contributed by atoms with van der Waals surface area (Å²) in [5, 5.41) is 0. The third kappa shape index (κ3) is 7.90. The van der Waals surface area contributed by atoms with Crippen molar-refractivity contribution in [2.45, 2.75) is 78.5 Å². The average Bonchev–Trinajstić information content (AvgIpc) is 2.42. The molecule has 0 aliphatic carbocycles. The van der Waals surface area contributed by atoms with Crippen LogP contribution < -0.4 is 0 Å². The molecule has 7 heteroatoms. The van der Waals surface area contributed by atoms with Gasteiger partial charge >= 0.3 is 15.0 Å². The summed E-state index contributed by atoms with van der Waals surface area (Å²) in [6.45, 7) is 11.4. The van der Waals surface area contributed by atoms with E-state index in [1.807, 2.05) is 41.5 Å². The minimum atomic E-state index is -4.35. The summed E-state index contributed by atoms with van der Waals surface area (Å²) in [6.07, 6.45) is -4.22. The van der Waals surface area contributed by atoms with Crippen molar-refractivity contribution < 1.29 is 26.4 Å². The van der Waals surface area contributed by atoms with Crippen molar-refractivity contribution in [3.63, 3.8) is 0 Å². The van der Waals surface area contributed by atoms with Gasteiger partial charge in [-0.25, -0.2) is 0 Å². The number of aryl methyl sites for hydroxylation is 1. The van der Waals surface area contributed by atoms with Gasteiger partial charge < -0.3 is 13.3 Å². The Labute approximate surface area is 149 Å². The van der Waals surface area contributed by atoms with E-state index in [0.717, 1.165) is 6.07 Å². The lowest BCUT2D eigenvalue weighted by molar-refractivity contribution is -0.137. The van der Waals surface area contributed by atoms with Crippen molar-refractivity contribution >= 4 is 8.80 Å². The molecule has 0 aliphatic rings. The van der Waals surface area contributed by atoms with E-state index in [1.54, 1.807) is 6.07 Å². The van der Waals surface area contributed by atoms with E-state index in [9.17, 15) is 13.2 Å². The van der Waals surface area contributed by atoms with Gasteiger partial charge in [0.15, 0.2) is 0 Å². The number of halogens is 3. The van der Waals surface area contributed by atoms with Gasteiger partial charge in [-0.1, -0.05) is 18.2 Å². The lowest BCUT2D eigenvalue weighted by Gasteiger charge is -2.34. The first kappa shape index (κ1) is 22.1. The standard InChI is InChI=1S/C18H29F3O3Si/c1-13(2)22-25(23-14(3)4,24-15(5)6)11-10-16-8-7-9-17(12-16)18(19,20)21/h7-9,12-15H,10-11H2,1-6H3. The minimum Gasteiger partial charge on any atom is -0.371 e. The van der Waals surface area contributed by atoms with Gasteiger partial charge in [-0.2, -0.15) is 13.2 Å². The molecule has 0 bridgehead atoms. The summed E-state index contributed by atoms with van der Waals surface area (Å²) in [6, 6.07) is 5.81. The van der Waals surface area contributed by atoms with E-state index >= 15 is 0 Å². The number of benzene rings is 1. The predicted molar refractivity (Wildman–Crippen MR) is 94.4 cm³/mol. The van der Waals surface area contributed by atoms with Crippen molar-refractivity contribution in [1.29, 1.82) is 0 Å². The Hall–Kier alpha value is -0.893. The highest BCUT2D eigenvalue weighted by Gasteiger charge is 2.43. The number of alkyl halides is 3. The summed E-state index contributed by atoms with van der Waals surface area (Å²) in [4.78, 5) is 0. The monoisotopic (exact) mass is 378 g/mol. The van der Waals surface area contributed by atoms with Crippen LogP contribution in [-0.2, 0) is 25.9 Å². The zero-order valence-electron chi connectivity index (χ0n) is 15.8. The van der Waals surface area contributed by atoms with Crippen LogP contribution in [0.15, 0.2) is 24.3 Å². The fourth-order valence-electron chi connectivity index (χ4n) is 2.54. The second-order valence-electron chi connectivity index (χ2n) is 6.88. The van der Waals surface area contributed by atoms with E-state index in [2.05, 4.69) is 0 Å². The van der Waals surface area contributed by atoms with Crippen molar-refractivity contribution in [2.75, 3.05) is 0 Å². The Bertz CT molecular complexity index is 504. The van der Waals surface area contributed by atoms with E-state index in [4.69, 9.17) is 13.3 Å². The molecule has 0 saturated carbocycles. The van der Waals surface area contributed by atoms with Crippen LogP contribution in [0.25, 0.3) is 0 Å². The van der Waals surface area contributed by atoms with Gasteiger partial charge in [-0.3, -0.25) is 0 Å².